The summed E-state index contributed by atoms with van der Waals surface area (Å²) in [6, 6.07) is 9.85. The fourth-order valence-corrected chi connectivity index (χ4v) is 2.77. The molecule has 0 bridgehead atoms. The van der Waals surface area contributed by atoms with Crippen molar-refractivity contribution in [2.24, 2.45) is 0 Å². The molecule has 1 heterocycles. The quantitative estimate of drug-likeness (QED) is 0.908. The summed E-state index contributed by atoms with van der Waals surface area (Å²) in [5, 5.41) is 13.3. The molecule has 0 spiro atoms. The first-order chi connectivity index (χ1) is 9.24. The first kappa shape index (κ1) is 13.4. The zero-order valence-electron chi connectivity index (χ0n) is 11.1. The molecule has 1 aromatic heterocycles. The molecule has 0 radical (unpaired) electrons. The van der Waals surface area contributed by atoms with Gasteiger partial charge >= 0.3 is 0 Å². The van der Waals surface area contributed by atoms with Crippen molar-refractivity contribution in [1.29, 1.82) is 5.26 Å². The molecule has 0 unspecified atom stereocenters. The van der Waals surface area contributed by atoms with Gasteiger partial charge in [-0.3, -0.25) is 0 Å². The van der Waals surface area contributed by atoms with Crippen LogP contribution in [0.4, 0.5) is 10.8 Å². The highest BCUT2D eigenvalue weighted by molar-refractivity contribution is 7.15. The van der Waals surface area contributed by atoms with Gasteiger partial charge in [-0.1, -0.05) is 12.1 Å². The van der Waals surface area contributed by atoms with Gasteiger partial charge in [0.25, 0.3) is 0 Å². The van der Waals surface area contributed by atoms with Gasteiger partial charge < -0.3 is 10.2 Å². The molecule has 0 saturated carbocycles. The van der Waals surface area contributed by atoms with E-state index in [1.165, 1.54) is 4.88 Å². The molecule has 0 aliphatic rings. The van der Waals surface area contributed by atoms with Crippen molar-refractivity contribution >= 4 is 22.2 Å². The normalized spacial score (nSPS) is 9.95. The van der Waals surface area contributed by atoms with Gasteiger partial charge in [0.1, 0.15) is 6.07 Å². The van der Waals surface area contributed by atoms with Crippen molar-refractivity contribution in [3.05, 3.63) is 40.9 Å². The number of hydrogen-bond donors (Lipinski definition) is 1. The standard InChI is InChI=1S/C14H16N4S/c1-3-16-14-17-9-12(19-14)10-18(2)13-7-5-4-6-11(13)8-15/h4-7,9H,3,10H2,1-2H3,(H,16,17). The van der Waals surface area contributed by atoms with Crippen molar-refractivity contribution in [3.8, 4) is 6.07 Å². The van der Waals surface area contributed by atoms with E-state index in [-0.39, 0.29) is 0 Å². The number of nitriles is 1. The minimum absolute atomic E-state index is 0.696. The van der Waals surface area contributed by atoms with Crippen molar-refractivity contribution in [2.75, 3.05) is 23.8 Å². The van der Waals surface area contributed by atoms with Gasteiger partial charge in [-0.05, 0) is 19.1 Å². The number of thiazole rings is 1. The van der Waals surface area contributed by atoms with E-state index in [0.717, 1.165) is 23.9 Å². The highest BCUT2D eigenvalue weighted by atomic mass is 32.1. The molecule has 0 atom stereocenters. The maximum Gasteiger partial charge on any atom is 0.182 e. The summed E-state index contributed by atoms with van der Waals surface area (Å²) < 4.78 is 0. The zero-order valence-corrected chi connectivity index (χ0v) is 11.9. The molecule has 0 saturated heterocycles. The Morgan fingerprint density at radius 3 is 2.95 bits per heavy atom. The van der Waals surface area contributed by atoms with Gasteiger partial charge in [0, 0.05) is 24.7 Å². The molecular formula is C14H16N4S. The van der Waals surface area contributed by atoms with Crippen LogP contribution < -0.4 is 10.2 Å². The predicted octanol–water partition coefficient (Wildman–Crippen LogP) is 3.08. The SMILES string of the molecule is CCNc1ncc(CN(C)c2ccccc2C#N)s1. The zero-order chi connectivity index (χ0) is 13.7. The summed E-state index contributed by atoms with van der Waals surface area (Å²) >= 11 is 1.65. The molecule has 2 rings (SSSR count). The van der Waals surface area contributed by atoms with Crippen LogP contribution in [0.5, 0.6) is 0 Å². The van der Waals surface area contributed by atoms with Gasteiger partial charge in [0.2, 0.25) is 0 Å². The van der Waals surface area contributed by atoms with Crippen LogP contribution in [-0.4, -0.2) is 18.6 Å². The number of para-hydroxylation sites is 1. The third kappa shape index (κ3) is 3.24. The van der Waals surface area contributed by atoms with E-state index in [1.807, 2.05) is 37.5 Å². The molecule has 2 aromatic rings. The lowest BCUT2D eigenvalue weighted by Crippen LogP contribution is -2.16. The lowest BCUT2D eigenvalue weighted by molar-refractivity contribution is 0.934. The number of rotatable bonds is 5. The lowest BCUT2D eigenvalue weighted by Gasteiger charge is -2.19. The topological polar surface area (TPSA) is 52.0 Å². The van der Waals surface area contributed by atoms with Crippen LogP contribution in [-0.2, 0) is 6.54 Å². The van der Waals surface area contributed by atoms with Gasteiger partial charge in [-0.15, -0.1) is 11.3 Å². The molecule has 5 heteroatoms. The molecule has 0 aliphatic heterocycles. The summed E-state index contributed by atoms with van der Waals surface area (Å²) in [6.45, 7) is 3.68. The summed E-state index contributed by atoms with van der Waals surface area (Å²) in [6.07, 6.45) is 1.88. The van der Waals surface area contributed by atoms with Crippen molar-refractivity contribution < 1.29 is 0 Å². The van der Waals surface area contributed by atoms with Gasteiger partial charge in [-0.25, -0.2) is 4.98 Å². The van der Waals surface area contributed by atoms with E-state index >= 15 is 0 Å². The maximum absolute atomic E-state index is 9.11. The van der Waals surface area contributed by atoms with Crippen molar-refractivity contribution in [2.45, 2.75) is 13.5 Å². The van der Waals surface area contributed by atoms with Gasteiger partial charge in [0.05, 0.1) is 17.8 Å². The Kier molecular flexibility index (Phi) is 4.37. The second-order valence-electron chi connectivity index (χ2n) is 4.15. The maximum atomic E-state index is 9.11. The molecule has 1 aromatic carbocycles. The average molecular weight is 272 g/mol. The Hall–Kier alpha value is -2.06. The van der Waals surface area contributed by atoms with E-state index in [9.17, 15) is 0 Å². The predicted molar refractivity (Wildman–Crippen MR) is 79.5 cm³/mol. The smallest absolute Gasteiger partial charge is 0.182 e. The van der Waals surface area contributed by atoms with E-state index in [0.29, 0.717) is 5.56 Å². The minimum Gasteiger partial charge on any atom is -0.368 e. The molecule has 0 fully saturated rings. The number of anilines is 2. The molecular weight excluding hydrogens is 256 g/mol. The van der Waals surface area contributed by atoms with E-state index in [1.54, 1.807) is 11.3 Å². The largest absolute Gasteiger partial charge is 0.368 e. The van der Waals surface area contributed by atoms with E-state index < -0.39 is 0 Å². The van der Waals surface area contributed by atoms with Crippen LogP contribution in [0.25, 0.3) is 0 Å². The number of aromatic nitrogens is 1. The monoisotopic (exact) mass is 272 g/mol. The first-order valence-electron chi connectivity index (χ1n) is 6.13. The number of hydrogen-bond acceptors (Lipinski definition) is 5. The number of nitrogens with zero attached hydrogens (tertiary/aromatic N) is 3. The van der Waals surface area contributed by atoms with Crippen molar-refractivity contribution in [3.63, 3.8) is 0 Å². The second kappa shape index (κ2) is 6.21. The van der Waals surface area contributed by atoms with Crippen molar-refractivity contribution in [1.82, 2.24) is 4.98 Å². The second-order valence-corrected chi connectivity index (χ2v) is 5.26. The number of benzene rings is 1. The fourth-order valence-electron chi connectivity index (χ4n) is 1.83. The molecule has 0 aliphatic carbocycles. The van der Waals surface area contributed by atoms with Crippen LogP contribution in [0.3, 0.4) is 0 Å². The minimum atomic E-state index is 0.696. The summed E-state index contributed by atoms with van der Waals surface area (Å²) in [7, 11) is 1.99. The molecule has 0 amide bonds. The van der Waals surface area contributed by atoms with E-state index in [4.69, 9.17) is 5.26 Å². The molecule has 98 valence electrons. The summed E-state index contributed by atoms with van der Waals surface area (Å²) in [5.74, 6) is 0. The van der Waals surface area contributed by atoms with Crippen LogP contribution in [0.2, 0.25) is 0 Å². The molecule has 4 nitrogen and oxygen atoms in total. The van der Waals surface area contributed by atoms with Crippen LogP contribution in [0, 0.1) is 11.3 Å². The number of nitrogens with one attached hydrogen (secondary N) is 1. The van der Waals surface area contributed by atoms with E-state index in [2.05, 4.69) is 28.2 Å². The Bertz CT molecular complexity index is 585. The Morgan fingerprint density at radius 1 is 1.42 bits per heavy atom. The molecule has 1 N–H and O–H groups in total. The molecule has 19 heavy (non-hydrogen) atoms. The van der Waals surface area contributed by atoms with Crippen LogP contribution >= 0.6 is 11.3 Å². The third-order valence-electron chi connectivity index (χ3n) is 2.71. The van der Waals surface area contributed by atoms with Crippen LogP contribution in [0.1, 0.15) is 17.4 Å². The third-order valence-corrected chi connectivity index (χ3v) is 3.65. The van der Waals surface area contributed by atoms with Gasteiger partial charge in [0.15, 0.2) is 5.13 Å². The summed E-state index contributed by atoms with van der Waals surface area (Å²) in [4.78, 5) is 7.55. The first-order valence-corrected chi connectivity index (χ1v) is 6.95. The highest BCUT2D eigenvalue weighted by Gasteiger charge is 2.09. The van der Waals surface area contributed by atoms with Crippen LogP contribution in [0.15, 0.2) is 30.5 Å². The Labute approximate surface area is 117 Å². The lowest BCUT2D eigenvalue weighted by atomic mass is 10.2. The average Bonchev–Trinajstić information content (AvgIpc) is 2.86. The fraction of sp³-hybridized carbons (Fsp3) is 0.286. The van der Waals surface area contributed by atoms with Gasteiger partial charge in [-0.2, -0.15) is 5.26 Å². The highest BCUT2D eigenvalue weighted by Crippen LogP contribution is 2.24. The Morgan fingerprint density at radius 2 is 2.21 bits per heavy atom. The Balaban J connectivity index is 2.12. The summed E-state index contributed by atoms with van der Waals surface area (Å²) in [5.41, 5.74) is 1.64.